The molecule has 7 heteroatoms. The molecule has 2 heterocycles. The van der Waals surface area contributed by atoms with Crippen LogP contribution >= 0.6 is 11.6 Å². The Balaban J connectivity index is 1.93. The first-order valence-corrected chi connectivity index (χ1v) is 8.75. The highest BCUT2D eigenvalue weighted by molar-refractivity contribution is 6.30. The van der Waals surface area contributed by atoms with Gasteiger partial charge in [0.25, 0.3) is 5.91 Å². The summed E-state index contributed by atoms with van der Waals surface area (Å²) < 4.78 is 1.62. The van der Waals surface area contributed by atoms with E-state index >= 15 is 0 Å². The van der Waals surface area contributed by atoms with Gasteiger partial charge in [0.2, 0.25) is 0 Å². The Morgan fingerprint density at radius 1 is 1.16 bits per heavy atom. The number of carbonyl (C=O) groups excluding carboxylic acids is 2. The number of urea groups is 1. The van der Waals surface area contributed by atoms with E-state index in [0.29, 0.717) is 29.3 Å². The molecule has 1 aromatic heterocycles. The Morgan fingerprint density at radius 3 is 2.36 bits per heavy atom. The van der Waals surface area contributed by atoms with Crippen LogP contribution in [-0.4, -0.2) is 32.2 Å². The number of imide groups is 1. The quantitative estimate of drug-likeness (QED) is 0.830. The molecule has 3 rings (SSSR count). The lowest BCUT2D eigenvalue weighted by molar-refractivity contribution is -0.132. The molecular formula is C18H21ClN4O2. The van der Waals surface area contributed by atoms with Crippen LogP contribution in [0.2, 0.25) is 5.15 Å². The molecule has 0 radical (unpaired) electrons. The van der Waals surface area contributed by atoms with E-state index in [2.05, 4.69) is 10.4 Å². The van der Waals surface area contributed by atoms with Crippen molar-refractivity contribution in [3.05, 3.63) is 46.7 Å². The minimum absolute atomic E-state index is 0.115. The van der Waals surface area contributed by atoms with E-state index in [-0.39, 0.29) is 18.5 Å². The van der Waals surface area contributed by atoms with Crippen molar-refractivity contribution in [3.63, 3.8) is 0 Å². The molecule has 0 bridgehead atoms. The molecule has 1 aliphatic heterocycles. The third-order valence-electron chi connectivity index (χ3n) is 4.89. The first-order valence-electron chi connectivity index (χ1n) is 8.37. The van der Waals surface area contributed by atoms with E-state index in [9.17, 15) is 9.59 Å². The number of amides is 3. The van der Waals surface area contributed by atoms with Gasteiger partial charge in [-0.15, -0.1) is 0 Å². The van der Waals surface area contributed by atoms with Crippen molar-refractivity contribution in [2.24, 2.45) is 0 Å². The highest BCUT2D eigenvalue weighted by Crippen LogP contribution is 2.30. The summed E-state index contributed by atoms with van der Waals surface area (Å²) in [5.74, 6) is -0.203. The first kappa shape index (κ1) is 17.5. The standard InChI is InChI=1S/C18H21ClN4O2/c1-4-18(5-2)16(24)22(17(25)20-18)11-14-12(3)21-23(15(14)19)13-9-7-6-8-10-13/h6-10H,4-5,11H2,1-3H3,(H,20,25). The first-order chi connectivity index (χ1) is 11.9. The summed E-state index contributed by atoms with van der Waals surface area (Å²) in [6.07, 6.45) is 1.11. The highest BCUT2D eigenvalue weighted by atomic mass is 35.5. The smallest absolute Gasteiger partial charge is 0.323 e. The van der Waals surface area contributed by atoms with Gasteiger partial charge in [-0.2, -0.15) is 5.10 Å². The summed E-state index contributed by atoms with van der Waals surface area (Å²) in [6.45, 7) is 5.74. The number of para-hydroxylation sites is 1. The van der Waals surface area contributed by atoms with Crippen LogP contribution in [0, 0.1) is 6.92 Å². The van der Waals surface area contributed by atoms with E-state index in [1.165, 1.54) is 4.90 Å². The van der Waals surface area contributed by atoms with E-state index in [4.69, 9.17) is 11.6 Å². The van der Waals surface area contributed by atoms with E-state index in [0.717, 1.165) is 5.69 Å². The molecule has 0 atom stereocenters. The fourth-order valence-electron chi connectivity index (χ4n) is 3.16. The number of nitrogens with one attached hydrogen (secondary N) is 1. The molecule has 1 fully saturated rings. The fraction of sp³-hybridized carbons (Fsp3) is 0.389. The summed E-state index contributed by atoms with van der Waals surface area (Å²) in [4.78, 5) is 26.4. The van der Waals surface area contributed by atoms with Crippen molar-refractivity contribution in [2.45, 2.75) is 45.7 Å². The third-order valence-corrected chi connectivity index (χ3v) is 5.28. The largest absolute Gasteiger partial charge is 0.325 e. The van der Waals surface area contributed by atoms with Crippen LogP contribution in [0.1, 0.15) is 37.9 Å². The molecule has 0 spiro atoms. The number of nitrogens with zero attached hydrogens (tertiary/aromatic N) is 3. The van der Waals surface area contributed by atoms with Crippen molar-refractivity contribution in [3.8, 4) is 5.69 Å². The molecular weight excluding hydrogens is 340 g/mol. The molecule has 1 aromatic carbocycles. The van der Waals surface area contributed by atoms with Crippen LogP contribution in [0.4, 0.5) is 4.79 Å². The van der Waals surface area contributed by atoms with Gasteiger partial charge >= 0.3 is 6.03 Å². The minimum Gasteiger partial charge on any atom is -0.323 e. The zero-order chi connectivity index (χ0) is 18.2. The predicted octanol–water partition coefficient (Wildman–Crippen LogP) is 3.44. The zero-order valence-electron chi connectivity index (χ0n) is 14.5. The van der Waals surface area contributed by atoms with Crippen molar-refractivity contribution >= 4 is 23.5 Å². The number of carbonyl (C=O) groups is 2. The Kier molecular flexibility index (Phi) is 4.56. The maximum atomic E-state index is 12.8. The van der Waals surface area contributed by atoms with Crippen molar-refractivity contribution in [1.29, 1.82) is 0 Å². The molecule has 1 saturated heterocycles. The number of aryl methyl sites for hydroxylation is 1. The molecule has 2 aromatic rings. The second-order valence-electron chi connectivity index (χ2n) is 6.21. The van der Waals surface area contributed by atoms with Gasteiger partial charge in [0, 0.05) is 5.56 Å². The van der Waals surface area contributed by atoms with Crippen LogP contribution in [0.3, 0.4) is 0 Å². The Labute approximate surface area is 151 Å². The predicted molar refractivity (Wildman–Crippen MR) is 95.7 cm³/mol. The highest BCUT2D eigenvalue weighted by Gasteiger charge is 2.48. The monoisotopic (exact) mass is 360 g/mol. The van der Waals surface area contributed by atoms with Gasteiger partial charge in [-0.05, 0) is 31.9 Å². The van der Waals surface area contributed by atoms with Gasteiger partial charge in [-0.1, -0.05) is 43.6 Å². The second-order valence-corrected chi connectivity index (χ2v) is 6.57. The van der Waals surface area contributed by atoms with Gasteiger partial charge in [0.05, 0.1) is 17.9 Å². The lowest BCUT2D eigenvalue weighted by atomic mass is 9.93. The van der Waals surface area contributed by atoms with E-state index < -0.39 is 5.54 Å². The van der Waals surface area contributed by atoms with Gasteiger partial charge in [0.1, 0.15) is 10.7 Å². The van der Waals surface area contributed by atoms with Crippen LogP contribution in [0.5, 0.6) is 0 Å². The molecule has 132 valence electrons. The Hall–Kier alpha value is -2.34. The molecule has 0 unspecified atom stereocenters. The molecule has 25 heavy (non-hydrogen) atoms. The van der Waals surface area contributed by atoms with Crippen LogP contribution in [0.15, 0.2) is 30.3 Å². The number of benzene rings is 1. The Morgan fingerprint density at radius 2 is 1.80 bits per heavy atom. The zero-order valence-corrected chi connectivity index (χ0v) is 15.3. The van der Waals surface area contributed by atoms with Gasteiger partial charge in [-0.3, -0.25) is 9.69 Å². The summed E-state index contributed by atoms with van der Waals surface area (Å²) >= 11 is 6.51. The maximum Gasteiger partial charge on any atom is 0.325 e. The SMILES string of the molecule is CCC1(CC)NC(=O)N(Cc2c(C)nn(-c3ccccc3)c2Cl)C1=O. The number of hydrogen-bond donors (Lipinski definition) is 1. The molecule has 3 amide bonds. The average Bonchev–Trinajstić information content (AvgIpc) is 3.04. The van der Waals surface area contributed by atoms with Gasteiger partial charge in [0.15, 0.2) is 0 Å². The van der Waals surface area contributed by atoms with Crippen LogP contribution in [-0.2, 0) is 11.3 Å². The average molecular weight is 361 g/mol. The van der Waals surface area contributed by atoms with Crippen molar-refractivity contribution < 1.29 is 9.59 Å². The van der Waals surface area contributed by atoms with Crippen molar-refractivity contribution in [1.82, 2.24) is 20.0 Å². The fourth-order valence-corrected chi connectivity index (χ4v) is 3.49. The second kappa shape index (κ2) is 6.52. The molecule has 1 aliphatic rings. The number of rotatable bonds is 5. The lowest BCUT2D eigenvalue weighted by Crippen LogP contribution is -2.45. The third kappa shape index (κ3) is 2.80. The summed E-state index contributed by atoms with van der Waals surface area (Å²) in [5, 5.41) is 7.71. The number of aromatic nitrogens is 2. The van der Waals surface area contributed by atoms with Gasteiger partial charge in [-0.25, -0.2) is 9.48 Å². The van der Waals surface area contributed by atoms with Crippen molar-refractivity contribution in [2.75, 3.05) is 0 Å². The molecule has 6 nitrogen and oxygen atoms in total. The summed E-state index contributed by atoms with van der Waals surface area (Å²) in [5.41, 5.74) is 1.39. The summed E-state index contributed by atoms with van der Waals surface area (Å²) in [6, 6.07) is 9.13. The molecule has 1 N–H and O–H groups in total. The van der Waals surface area contributed by atoms with Gasteiger partial charge < -0.3 is 5.32 Å². The number of hydrogen-bond acceptors (Lipinski definition) is 3. The van der Waals surface area contributed by atoms with E-state index in [1.54, 1.807) is 4.68 Å². The number of halogens is 1. The normalized spacial score (nSPS) is 16.4. The molecule has 0 aliphatic carbocycles. The summed E-state index contributed by atoms with van der Waals surface area (Å²) in [7, 11) is 0. The molecule has 0 saturated carbocycles. The topological polar surface area (TPSA) is 67.2 Å². The van der Waals surface area contributed by atoms with E-state index in [1.807, 2.05) is 51.1 Å². The van der Waals surface area contributed by atoms with Crippen LogP contribution < -0.4 is 5.32 Å². The Bertz CT molecular complexity index is 812. The lowest BCUT2D eigenvalue weighted by Gasteiger charge is -2.23. The minimum atomic E-state index is -0.813. The van der Waals surface area contributed by atoms with Crippen LogP contribution in [0.25, 0.3) is 5.69 Å². The maximum absolute atomic E-state index is 12.8.